The molecule has 24 radical (unpaired) electrons. The number of aromatic nitrogens is 1. The largest absolute Gasteiger partial charge is 0.456 e. The van der Waals surface area contributed by atoms with Crippen LogP contribution in [0, 0.1) is 0 Å². The molecule has 3 nitrogen and oxygen atoms in total. The lowest BCUT2D eigenvalue weighted by molar-refractivity contribution is 0.673. The minimum absolute atomic E-state index is 0.0820. The van der Waals surface area contributed by atoms with E-state index < -0.39 is 0 Å². The monoisotopic (exact) mass is 467 g/mol. The number of aromatic amines is 1. The van der Waals surface area contributed by atoms with E-state index in [-0.39, 0.29) is 87.9 Å². The number of rotatable bonds is 0. The van der Waals surface area contributed by atoms with Gasteiger partial charge in [-0.2, -0.15) is 0 Å². The van der Waals surface area contributed by atoms with Crippen molar-refractivity contribution >= 4 is 225 Å². The molecule has 3 aromatic heterocycles. The number of fused-ring (bicyclic) bond motifs is 11. The molecular formula is C24HB12NO2. The second-order valence-electron chi connectivity index (χ2n) is 9.61. The van der Waals surface area contributed by atoms with Crippen molar-refractivity contribution in [3.05, 3.63) is 0 Å². The first kappa shape index (κ1) is 25.1. The molecule has 0 aliphatic rings. The minimum atomic E-state index is 0.0820. The van der Waals surface area contributed by atoms with Gasteiger partial charge in [0.2, 0.25) is 0 Å². The fourth-order valence-corrected chi connectivity index (χ4v) is 5.61. The summed E-state index contributed by atoms with van der Waals surface area (Å²) in [7, 11) is 75.9. The normalized spacial score (nSPS) is 12.3. The maximum Gasteiger partial charge on any atom is 0.144 e. The van der Waals surface area contributed by atoms with Crippen LogP contribution >= 0.6 is 0 Å². The molecule has 0 unspecified atom stereocenters. The van der Waals surface area contributed by atoms with Gasteiger partial charge in [-0.25, -0.2) is 0 Å². The van der Waals surface area contributed by atoms with Crippen molar-refractivity contribution in [1.29, 1.82) is 0 Å². The van der Waals surface area contributed by atoms with Crippen LogP contribution in [0.5, 0.6) is 0 Å². The molecule has 0 atom stereocenters. The molecule has 0 saturated heterocycles. The molecule has 150 valence electrons. The van der Waals surface area contributed by atoms with E-state index in [1.165, 1.54) is 0 Å². The van der Waals surface area contributed by atoms with Gasteiger partial charge in [0.1, 0.15) is 116 Å². The summed E-state index contributed by atoms with van der Waals surface area (Å²) in [5.41, 5.74) is 3.36. The van der Waals surface area contributed by atoms with Gasteiger partial charge < -0.3 is 13.8 Å². The molecule has 0 amide bonds. The summed E-state index contributed by atoms with van der Waals surface area (Å²) < 4.78 is 12.6. The Morgan fingerprint density at radius 2 is 0.564 bits per heavy atom. The van der Waals surface area contributed by atoms with Crippen molar-refractivity contribution in [2.24, 2.45) is 0 Å². The van der Waals surface area contributed by atoms with Crippen molar-refractivity contribution < 1.29 is 8.83 Å². The molecule has 4 aromatic carbocycles. The highest BCUT2D eigenvalue weighted by Crippen LogP contribution is 2.39. The van der Waals surface area contributed by atoms with E-state index in [4.69, 9.17) is 103 Å². The van der Waals surface area contributed by atoms with Crippen molar-refractivity contribution in [2.45, 2.75) is 0 Å². The Bertz CT molecular complexity index is 2150. The van der Waals surface area contributed by atoms with Gasteiger partial charge in [0.05, 0.1) is 10.8 Å². The van der Waals surface area contributed by atoms with Gasteiger partial charge in [0.25, 0.3) is 0 Å². The molecule has 3 heterocycles. The van der Waals surface area contributed by atoms with Crippen LogP contribution in [0.25, 0.3) is 65.7 Å². The summed E-state index contributed by atoms with van der Waals surface area (Å²) >= 11 is 0. The van der Waals surface area contributed by atoms with E-state index in [1.54, 1.807) is 0 Å². The van der Waals surface area contributed by atoms with Crippen molar-refractivity contribution in [3.8, 4) is 0 Å². The molecule has 7 rings (SSSR count). The summed E-state index contributed by atoms with van der Waals surface area (Å²) in [6.45, 7) is 0. The number of nitrogens with one attached hydrogen (secondary N) is 1. The van der Waals surface area contributed by atoms with Crippen molar-refractivity contribution in [1.82, 2.24) is 4.98 Å². The lowest BCUT2D eigenvalue weighted by Crippen LogP contribution is -2.47. The highest BCUT2D eigenvalue weighted by atomic mass is 16.3. The fourth-order valence-electron chi connectivity index (χ4n) is 5.61. The zero-order valence-corrected chi connectivity index (χ0v) is 20.2. The summed E-state index contributed by atoms with van der Waals surface area (Å²) in [6, 6.07) is 0. The topological polar surface area (TPSA) is 42.1 Å². The summed E-state index contributed by atoms with van der Waals surface area (Å²) in [5.74, 6) is 0. The molecule has 15 heteroatoms. The Kier molecular flexibility index (Phi) is 5.03. The van der Waals surface area contributed by atoms with Crippen LogP contribution in [0.2, 0.25) is 0 Å². The average molecular weight is 465 g/mol. The predicted molar refractivity (Wildman–Crippen MR) is 175 cm³/mol. The SMILES string of the molecule is [B]c1c([B])c([B])c2c(oc3c2c([B])c([B])c2[nH]c4c([B])c([B])c5c(oc6c([B])c([B])c([B])c([B])c65)c4c23)c1[B]. The van der Waals surface area contributed by atoms with E-state index in [9.17, 15) is 0 Å². The molecule has 0 fully saturated rings. The third-order valence-corrected chi connectivity index (χ3v) is 7.70. The first-order chi connectivity index (χ1) is 18.4. The van der Waals surface area contributed by atoms with E-state index in [0.29, 0.717) is 43.4 Å². The van der Waals surface area contributed by atoms with Gasteiger partial charge in [-0.15, -0.1) is 21.9 Å². The standard InChI is InChI=1S/C24HB12NO2/c25-7-3-1-9(27)15(33)19-5(21(1)38-23(3)17(35)13(31)11(7)29)6-20(37-19)16(34)10(28)2-4-8(26)12(30)14(32)18(36)24(4)39-22(2)6/h37H. The van der Waals surface area contributed by atoms with E-state index >= 15 is 0 Å². The molecule has 0 aliphatic heterocycles. The Labute approximate surface area is 238 Å². The molecule has 0 bridgehead atoms. The Hall–Kier alpha value is -2.94. The molecule has 39 heavy (non-hydrogen) atoms. The Balaban J connectivity index is 1.86. The summed E-state index contributed by atoms with van der Waals surface area (Å²) in [5, 5.41) is 2.44. The van der Waals surface area contributed by atoms with Crippen LogP contribution in [0.4, 0.5) is 0 Å². The smallest absolute Gasteiger partial charge is 0.144 e. The van der Waals surface area contributed by atoms with Crippen molar-refractivity contribution in [2.75, 3.05) is 0 Å². The minimum Gasteiger partial charge on any atom is -0.456 e. The van der Waals surface area contributed by atoms with Gasteiger partial charge in [0, 0.05) is 32.6 Å². The second-order valence-corrected chi connectivity index (χ2v) is 9.61. The highest BCUT2D eigenvalue weighted by molar-refractivity contribution is 6.71. The van der Waals surface area contributed by atoms with Crippen molar-refractivity contribution in [3.63, 3.8) is 0 Å². The maximum atomic E-state index is 6.55. The lowest BCUT2D eigenvalue weighted by Gasteiger charge is -2.12. The summed E-state index contributed by atoms with van der Waals surface area (Å²) in [6.07, 6.45) is 0. The molecule has 0 spiro atoms. The van der Waals surface area contributed by atoms with Crippen LogP contribution < -0.4 is 65.6 Å². The predicted octanol–water partition coefficient (Wildman–Crippen LogP) is -7.35. The van der Waals surface area contributed by atoms with E-state index in [0.717, 1.165) is 0 Å². The molecule has 0 saturated carbocycles. The van der Waals surface area contributed by atoms with Crippen LogP contribution in [-0.2, 0) is 0 Å². The van der Waals surface area contributed by atoms with E-state index in [2.05, 4.69) is 4.98 Å². The van der Waals surface area contributed by atoms with Crippen LogP contribution in [0.1, 0.15) is 0 Å². The van der Waals surface area contributed by atoms with Gasteiger partial charge in [0.15, 0.2) is 0 Å². The third-order valence-electron chi connectivity index (χ3n) is 7.70. The third kappa shape index (κ3) is 2.80. The number of benzene rings is 4. The molecule has 7 aromatic rings. The first-order valence-corrected chi connectivity index (χ1v) is 11.5. The lowest BCUT2D eigenvalue weighted by atomic mass is 9.65. The van der Waals surface area contributed by atoms with Gasteiger partial charge in [-0.1, -0.05) is 43.7 Å². The van der Waals surface area contributed by atoms with Crippen LogP contribution in [0.3, 0.4) is 0 Å². The summed E-state index contributed by atoms with van der Waals surface area (Å²) in [4.78, 5) is 3.22. The van der Waals surface area contributed by atoms with Gasteiger partial charge in [-0.3, -0.25) is 0 Å². The highest BCUT2D eigenvalue weighted by Gasteiger charge is 2.26. The average Bonchev–Trinajstić information content (AvgIpc) is 3.62. The fraction of sp³-hybridized carbons (Fsp3) is 0. The first-order valence-electron chi connectivity index (χ1n) is 11.5. The zero-order chi connectivity index (χ0) is 28.0. The number of hydrogen-bond acceptors (Lipinski definition) is 2. The van der Waals surface area contributed by atoms with Crippen LogP contribution in [0.15, 0.2) is 8.83 Å². The molecule has 1 N–H and O–H groups in total. The van der Waals surface area contributed by atoms with Gasteiger partial charge >= 0.3 is 0 Å². The second kappa shape index (κ2) is 7.83. The number of hydrogen-bond donors (Lipinski definition) is 1. The van der Waals surface area contributed by atoms with Gasteiger partial charge in [-0.05, 0) is 0 Å². The zero-order valence-electron chi connectivity index (χ0n) is 20.2. The van der Waals surface area contributed by atoms with E-state index in [1.807, 2.05) is 0 Å². The Morgan fingerprint density at radius 3 is 0.923 bits per heavy atom. The Morgan fingerprint density at radius 1 is 0.282 bits per heavy atom. The number of H-pyrrole nitrogens is 1. The molecular weight excluding hydrogens is 464 g/mol. The van der Waals surface area contributed by atoms with Crippen LogP contribution in [-0.4, -0.2) is 99.1 Å². The molecule has 0 aliphatic carbocycles. The quantitative estimate of drug-likeness (QED) is 0.227. The number of furan rings is 2. The maximum absolute atomic E-state index is 6.55.